The molecule has 46 heavy (non-hydrogen) atoms. The van der Waals surface area contributed by atoms with Crippen LogP contribution in [0.1, 0.15) is 149 Å². The zero-order valence-electron chi connectivity index (χ0n) is 29.3. The lowest BCUT2D eigenvalue weighted by Crippen LogP contribution is -2.46. The minimum atomic E-state index is -4.32. The maximum absolute atomic E-state index is 12.7. The van der Waals surface area contributed by atoms with Gasteiger partial charge in [0.25, 0.3) is 0 Å². The van der Waals surface area contributed by atoms with E-state index in [1.54, 1.807) is 0 Å². The van der Waals surface area contributed by atoms with Crippen LogP contribution in [0.15, 0.2) is 48.6 Å². The SMILES string of the molecule is CC/C=C\C/C=C\C/C=C\C/C=C\CCCCC(=O)NC(COP(=O)(O)OCCN)C(O)CCCCCCCCCCCCCC. The molecule has 0 radical (unpaired) electrons. The normalized spacial score (nSPS) is 15.0. The molecule has 0 saturated carbocycles. The van der Waals surface area contributed by atoms with Gasteiger partial charge in [-0.3, -0.25) is 13.8 Å². The van der Waals surface area contributed by atoms with Gasteiger partial charge in [-0.2, -0.15) is 0 Å². The van der Waals surface area contributed by atoms with E-state index in [1.807, 2.05) is 0 Å². The Kier molecular flexibility index (Phi) is 32.2. The van der Waals surface area contributed by atoms with Gasteiger partial charge in [0.2, 0.25) is 5.91 Å². The summed E-state index contributed by atoms with van der Waals surface area (Å²) in [5.41, 5.74) is 5.35. The lowest BCUT2D eigenvalue weighted by atomic mass is 10.0. The van der Waals surface area contributed by atoms with Crippen LogP contribution in [0.2, 0.25) is 0 Å². The summed E-state index contributed by atoms with van der Waals surface area (Å²) in [5, 5.41) is 13.7. The molecule has 5 N–H and O–H groups in total. The number of phosphoric acid groups is 1. The molecule has 3 atom stereocenters. The average Bonchev–Trinajstić information content (AvgIpc) is 3.04. The predicted octanol–water partition coefficient (Wildman–Crippen LogP) is 9.38. The molecule has 9 heteroatoms. The molecule has 3 unspecified atom stereocenters. The summed E-state index contributed by atoms with van der Waals surface area (Å²) in [5.74, 6) is -0.205. The van der Waals surface area contributed by atoms with Crippen LogP contribution in [-0.4, -0.2) is 47.8 Å². The van der Waals surface area contributed by atoms with E-state index in [1.165, 1.54) is 57.8 Å². The topological polar surface area (TPSA) is 131 Å². The standard InChI is InChI=1S/C37H69N2O6P/c1-3-5-7-9-11-13-15-17-18-19-21-23-25-27-29-31-37(41)39-35(34-45-46(42,43)44-33-32-38)36(40)30-28-26-24-22-20-16-14-12-10-8-6-4-2/h5,7,11,13,17-18,21,23,35-36,40H,3-4,6,8-10,12,14-16,19-20,22,24-34,38H2,1-2H3,(H,39,41)(H,42,43)/b7-5-,13-11-,18-17-,23-21-. The van der Waals surface area contributed by atoms with Gasteiger partial charge in [-0.1, -0.05) is 140 Å². The van der Waals surface area contributed by atoms with Crippen LogP contribution in [0.5, 0.6) is 0 Å². The zero-order chi connectivity index (χ0) is 34.0. The van der Waals surface area contributed by atoms with Gasteiger partial charge in [0.15, 0.2) is 0 Å². The Hall–Kier alpha value is -1.54. The summed E-state index contributed by atoms with van der Waals surface area (Å²) in [4.78, 5) is 22.6. The van der Waals surface area contributed by atoms with Crippen molar-refractivity contribution >= 4 is 13.7 Å². The average molecular weight is 669 g/mol. The van der Waals surface area contributed by atoms with Gasteiger partial charge in [-0.05, 0) is 51.4 Å². The lowest BCUT2D eigenvalue weighted by molar-refractivity contribution is -0.123. The molecule has 0 bridgehead atoms. The Balaban J connectivity index is 4.37. The Morgan fingerprint density at radius 1 is 0.739 bits per heavy atom. The van der Waals surface area contributed by atoms with Crippen LogP contribution in [0.25, 0.3) is 0 Å². The molecule has 268 valence electrons. The second kappa shape index (κ2) is 33.4. The molecule has 0 aliphatic heterocycles. The smallest absolute Gasteiger partial charge is 0.391 e. The first kappa shape index (κ1) is 44.5. The summed E-state index contributed by atoms with van der Waals surface area (Å²) < 4.78 is 22.0. The molecule has 0 heterocycles. The van der Waals surface area contributed by atoms with E-state index in [9.17, 15) is 19.4 Å². The maximum Gasteiger partial charge on any atom is 0.472 e. The summed E-state index contributed by atoms with van der Waals surface area (Å²) in [7, 11) is -4.32. The van der Waals surface area contributed by atoms with Crippen LogP contribution in [0.4, 0.5) is 0 Å². The van der Waals surface area contributed by atoms with Crippen molar-refractivity contribution in [1.82, 2.24) is 5.32 Å². The highest BCUT2D eigenvalue weighted by molar-refractivity contribution is 7.47. The van der Waals surface area contributed by atoms with Gasteiger partial charge in [0, 0.05) is 13.0 Å². The quantitative estimate of drug-likeness (QED) is 0.0311. The Morgan fingerprint density at radius 3 is 1.80 bits per heavy atom. The van der Waals surface area contributed by atoms with Crippen molar-refractivity contribution in [2.75, 3.05) is 19.8 Å². The number of unbranched alkanes of at least 4 members (excludes halogenated alkanes) is 13. The van der Waals surface area contributed by atoms with Crippen molar-refractivity contribution in [3.63, 3.8) is 0 Å². The fourth-order valence-electron chi connectivity index (χ4n) is 4.95. The molecule has 0 rings (SSSR count). The van der Waals surface area contributed by atoms with Gasteiger partial charge >= 0.3 is 7.82 Å². The third kappa shape index (κ3) is 31.1. The molecular weight excluding hydrogens is 599 g/mol. The fourth-order valence-corrected chi connectivity index (χ4v) is 5.71. The number of allylic oxidation sites excluding steroid dienone is 8. The van der Waals surface area contributed by atoms with Crippen LogP contribution >= 0.6 is 7.82 Å². The number of amides is 1. The van der Waals surface area contributed by atoms with Gasteiger partial charge < -0.3 is 21.1 Å². The first-order valence-electron chi connectivity index (χ1n) is 18.3. The van der Waals surface area contributed by atoms with Crippen molar-refractivity contribution in [2.24, 2.45) is 5.73 Å². The van der Waals surface area contributed by atoms with Gasteiger partial charge in [0.05, 0.1) is 25.4 Å². The molecule has 0 saturated heterocycles. The fraction of sp³-hybridized carbons (Fsp3) is 0.757. The molecule has 0 aromatic carbocycles. The van der Waals surface area contributed by atoms with Gasteiger partial charge in [-0.25, -0.2) is 4.57 Å². The molecule has 8 nitrogen and oxygen atoms in total. The lowest BCUT2D eigenvalue weighted by Gasteiger charge is -2.25. The number of nitrogens with two attached hydrogens (primary N) is 1. The number of hydrogen-bond acceptors (Lipinski definition) is 6. The number of nitrogens with one attached hydrogen (secondary N) is 1. The van der Waals surface area contributed by atoms with Crippen LogP contribution in [0.3, 0.4) is 0 Å². The summed E-state index contributed by atoms with van der Waals surface area (Å²) in [6.45, 7) is 4.03. The van der Waals surface area contributed by atoms with Crippen molar-refractivity contribution in [2.45, 2.75) is 161 Å². The van der Waals surface area contributed by atoms with Gasteiger partial charge in [-0.15, -0.1) is 0 Å². The van der Waals surface area contributed by atoms with Crippen molar-refractivity contribution in [1.29, 1.82) is 0 Å². The van der Waals surface area contributed by atoms with Gasteiger partial charge in [0.1, 0.15) is 0 Å². The second-order valence-corrected chi connectivity index (χ2v) is 13.5. The van der Waals surface area contributed by atoms with E-state index in [4.69, 9.17) is 14.8 Å². The molecule has 0 aromatic rings. The van der Waals surface area contributed by atoms with E-state index >= 15 is 0 Å². The largest absolute Gasteiger partial charge is 0.472 e. The monoisotopic (exact) mass is 668 g/mol. The second-order valence-electron chi connectivity index (χ2n) is 12.1. The molecular formula is C37H69N2O6P. The molecule has 0 aliphatic carbocycles. The number of aliphatic hydroxyl groups excluding tert-OH is 1. The minimum absolute atomic E-state index is 0.0799. The number of hydrogen-bond donors (Lipinski definition) is 4. The maximum atomic E-state index is 12.7. The predicted molar refractivity (Wildman–Crippen MR) is 194 cm³/mol. The molecule has 0 fully saturated rings. The summed E-state index contributed by atoms with van der Waals surface area (Å²) in [6.07, 6.45) is 38.3. The van der Waals surface area contributed by atoms with Crippen molar-refractivity contribution in [3.05, 3.63) is 48.6 Å². The molecule has 0 aliphatic rings. The van der Waals surface area contributed by atoms with E-state index in [0.29, 0.717) is 19.3 Å². The molecule has 0 spiro atoms. The number of aliphatic hydroxyl groups is 1. The van der Waals surface area contributed by atoms with Crippen LogP contribution in [0, 0.1) is 0 Å². The zero-order valence-corrected chi connectivity index (χ0v) is 30.2. The van der Waals surface area contributed by atoms with Crippen LogP contribution < -0.4 is 11.1 Å². The summed E-state index contributed by atoms with van der Waals surface area (Å²) in [6, 6.07) is -0.795. The number of carbonyl (C=O) groups excluding carboxylic acids is 1. The first-order valence-corrected chi connectivity index (χ1v) is 19.7. The Morgan fingerprint density at radius 2 is 1.26 bits per heavy atom. The number of phosphoric ester groups is 1. The minimum Gasteiger partial charge on any atom is -0.391 e. The number of carbonyl (C=O) groups is 1. The van der Waals surface area contributed by atoms with Crippen molar-refractivity contribution < 1.29 is 28.4 Å². The Bertz CT molecular complexity index is 861. The van der Waals surface area contributed by atoms with Crippen LogP contribution in [-0.2, 0) is 18.4 Å². The summed E-state index contributed by atoms with van der Waals surface area (Å²) >= 11 is 0. The number of rotatable bonds is 33. The van der Waals surface area contributed by atoms with E-state index in [2.05, 4.69) is 67.8 Å². The van der Waals surface area contributed by atoms with E-state index in [-0.39, 0.29) is 25.7 Å². The third-order valence-electron chi connectivity index (χ3n) is 7.70. The highest BCUT2D eigenvalue weighted by Gasteiger charge is 2.27. The van der Waals surface area contributed by atoms with E-state index < -0.39 is 20.0 Å². The highest BCUT2D eigenvalue weighted by atomic mass is 31.2. The Labute approximate surface area is 282 Å². The molecule has 1 amide bonds. The third-order valence-corrected chi connectivity index (χ3v) is 8.68. The first-order chi connectivity index (χ1) is 22.4. The van der Waals surface area contributed by atoms with Crippen molar-refractivity contribution in [3.8, 4) is 0 Å². The molecule has 0 aromatic heterocycles. The van der Waals surface area contributed by atoms with E-state index in [0.717, 1.165) is 57.8 Å². The highest BCUT2D eigenvalue weighted by Crippen LogP contribution is 2.43.